The number of benzene rings is 2. The van der Waals surface area contributed by atoms with E-state index in [4.69, 9.17) is 0 Å². The van der Waals surface area contributed by atoms with Gasteiger partial charge in [0.15, 0.2) is 0 Å². The van der Waals surface area contributed by atoms with E-state index in [9.17, 15) is 8.42 Å². The molecule has 0 aliphatic heterocycles. The molecule has 2 aromatic rings. The van der Waals surface area contributed by atoms with Crippen molar-refractivity contribution in [1.82, 2.24) is 0 Å². The highest BCUT2D eigenvalue weighted by Gasteiger charge is 2.24. The maximum absolute atomic E-state index is 13.0. The van der Waals surface area contributed by atoms with Gasteiger partial charge in [0, 0.05) is 5.69 Å². The van der Waals surface area contributed by atoms with Crippen LogP contribution in [0, 0.1) is 34.6 Å². The number of aryl methyl sites for hydroxylation is 2. The Labute approximate surface area is 145 Å². The van der Waals surface area contributed by atoms with Gasteiger partial charge in [0.1, 0.15) is 0 Å². The zero-order valence-electron chi connectivity index (χ0n) is 15.1. The first-order chi connectivity index (χ1) is 11.2. The highest BCUT2D eigenvalue weighted by Crippen LogP contribution is 2.32. The Morgan fingerprint density at radius 2 is 1.33 bits per heavy atom. The van der Waals surface area contributed by atoms with Gasteiger partial charge in [0.25, 0.3) is 10.0 Å². The van der Waals surface area contributed by atoms with Crippen LogP contribution in [0.4, 0.5) is 5.69 Å². The fourth-order valence-electron chi connectivity index (χ4n) is 3.71. The molecule has 24 heavy (non-hydrogen) atoms. The predicted octanol–water partition coefficient (Wildman–Crippen LogP) is 4.52. The first-order valence-electron chi connectivity index (χ1n) is 8.44. The molecule has 0 spiro atoms. The lowest BCUT2D eigenvalue weighted by molar-refractivity contribution is 0.599. The molecule has 0 heterocycles. The van der Waals surface area contributed by atoms with Gasteiger partial charge in [-0.3, -0.25) is 4.72 Å². The molecule has 0 saturated heterocycles. The SMILES string of the molecule is Cc1c(C)c(C)c(S(=O)(=O)Nc2ccc3c(c2)CCC3)c(C)c1C. The monoisotopic (exact) mass is 343 g/mol. The second-order valence-electron chi connectivity index (χ2n) is 6.90. The van der Waals surface area contributed by atoms with Crippen molar-refractivity contribution in [2.75, 3.05) is 4.72 Å². The molecule has 4 heteroatoms. The summed E-state index contributed by atoms with van der Waals surface area (Å²) in [7, 11) is -3.60. The minimum atomic E-state index is -3.60. The van der Waals surface area contributed by atoms with Gasteiger partial charge in [0.05, 0.1) is 4.90 Å². The Bertz CT molecular complexity index is 898. The number of hydrogen-bond acceptors (Lipinski definition) is 2. The number of nitrogens with one attached hydrogen (secondary N) is 1. The van der Waals surface area contributed by atoms with Crippen LogP contribution in [0.15, 0.2) is 23.1 Å². The molecule has 3 rings (SSSR count). The average molecular weight is 343 g/mol. The molecule has 1 aliphatic rings. The van der Waals surface area contributed by atoms with E-state index < -0.39 is 10.0 Å². The number of fused-ring (bicyclic) bond motifs is 1. The van der Waals surface area contributed by atoms with Crippen LogP contribution < -0.4 is 4.72 Å². The van der Waals surface area contributed by atoms with E-state index in [1.165, 1.54) is 16.7 Å². The van der Waals surface area contributed by atoms with Crippen molar-refractivity contribution in [3.05, 3.63) is 57.1 Å². The molecule has 0 unspecified atom stereocenters. The lowest BCUT2D eigenvalue weighted by Gasteiger charge is -2.19. The molecule has 1 aliphatic carbocycles. The summed E-state index contributed by atoms with van der Waals surface area (Å²) >= 11 is 0. The van der Waals surface area contributed by atoms with Crippen molar-refractivity contribution in [2.24, 2.45) is 0 Å². The van der Waals surface area contributed by atoms with E-state index >= 15 is 0 Å². The van der Waals surface area contributed by atoms with Gasteiger partial charge in [-0.15, -0.1) is 0 Å². The summed E-state index contributed by atoms with van der Waals surface area (Å²) in [6.45, 7) is 9.82. The molecule has 0 saturated carbocycles. The largest absolute Gasteiger partial charge is 0.280 e. The topological polar surface area (TPSA) is 46.2 Å². The number of sulfonamides is 1. The molecule has 0 radical (unpaired) electrons. The Balaban J connectivity index is 2.06. The van der Waals surface area contributed by atoms with Crippen LogP contribution in [-0.4, -0.2) is 8.42 Å². The van der Waals surface area contributed by atoms with Gasteiger partial charge < -0.3 is 0 Å². The summed E-state index contributed by atoms with van der Waals surface area (Å²) < 4.78 is 28.9. The quantitative estimate of drug-likeness (QED) is 0.891. The van der Waals surface area contributed by atoms with Crippen molar-refractivity contribution in [3.8, 4) is 0 Å². The smallest absolute Gasteiger partial charge is 0.262 e. The van der Waals surface area contributed by atoms with Crippen molar-refractivity contribution >= 4 is 15.7 Å². The summed E-state index contributed by atoms with van der Waals surface area (Å²) in [5, 5.41) is 0. The summed E-state index contributed by atoms with van der Waals surface area (Å²) in [5.74, 6) is 0. The maximum atomic E-state index is 13.0. The predicted molar refractivity (Wildman–Crippen MR) is 99.4 cm³/mol. The lowest BCUT2D eigenvalue weighted by Crippen LogP contribution is -2.17. The van der Waals surface area contributed by atoms with Crippen LogP contribution in [-0.2, 0) is 22.9 Å². The van der Waals surface area contributed by atoms with Crippen molar-refractivity contribution in [3.63, 3.8) is 0 Å². The second-order valence-corrected chi connectivity index (χ2v) is 8.52. The molecule has 0 bridgehead atoms. The minimum Gasteiger partial charge on any atom is -0.280 e. The van der Waals surface area contributed by atoms with Gasteiger partial charge in [-0.1, -0.05) is 6.07 Å². The van der Waals surface area contributed by atoms with E-state index in [1.54, 1.807) is 0 Å². The van der Waals surface area contributed by atoms with Crippen LogP contribution in [0.5, 0.6) is 0 Å². The number of rotatable bonds is 3. The standard InChI is InChI=1S/C20H25NO2S/c1-12-13(2)15(4)20(16(5)14(12)3)24(22,23)21-19-10-9-17-7-6-8-18(17)11-19/h9-11,21H,6-8H2,1-5H3. The Kier molecular flexibility index (Phi) is 4.20. The molecule has 0 fully saturated rings. The molecule has 3 nitrogen and oxygen atoms in total. The third-order valence-electron chi connectivity index (χ3n) is 5.55. The summed E-state index contributed by atoms with van der Waals surface area (Å²) in [6, 6.07) is 5.91. The Morgan fingerprint density at radius 3 is 1.96 bits per heavy atom. The molecule has 2 aromatic carbocycles. The first kappa shape index (κ1) is 17.0. The van der Waals surface area contributed by atoms with Crippen molar-refractivity contribution < 1.29 is 8.42 Å². The van der Waals surface area contributed by atoms with Crippen LogP contribution in [0.3, 0.4) is 0 Å². The fraction of sp³-hybridized carbons (Fsp3) is 0.400. The zero-order chi connectivity index (χ0) is 17.6. The van der Waals surface area contributed by atoms with E-state index in [0.29, 0.717) is 10.6 Å². The molecule has 128 valence electrons. The van der Waals surface area contributed by atoms with Crippen molar-refractivity contribution in [1.29, 1.82) is 0 Å². The normalized spacial score (nSPS) is 13.9. The van der Waals surface area contributed by atoms with E-state index in [2.05, 4.69) is 11.6 Å². The number of hydrogen-bond donors (Lipinski definition) is 1. The Morgan fingerprint density at radius 1 is 0.792 bits per heavy atom. The van der Waals surface area contributed by atoms with Crippen LogP contribution in [0.1, 0.15) is 45.4 Å². The molecular weight excluding hydrogens is 318 g/mol. The van der Waals surface area contributed by atoms with Crippen molar-refractivity contribution in [2.45, 2.75) is 58.8 Å². The van der Waals surface area contributed by atoms with Crippen LogP contribution >= 0.6 is 0 Å². The third-order valence-corrected chi connectivity index (χ3v) is 7.20. The highest BCUT2D eigenvalue weighted by molar-refractivity contribution is 7.92. The number of anilines is 1. The second kappa shape index (κ2) is 5.92. The first-order valence-corrected chi connectivity index (χ1v) is 9.92. The zero-order valence-corrected chi connectivity index (χ0v) is 15.9. The average Bonchev–Trinajstić information content (AvgIpc) is 2.98. The summed E-state index contributed by atoms with van der Waals surface area (Å²) in [4.78, 5) is 0.420. The summed E-state index contributed by atoms with van der Waals surface area (Å²) in [6.07, 6.45) is 3.28. The third kappa shape index (κ3) is 2.73. The van der Waals surface area contributed by atoms with Gasteiger partial charge in [-0.25, -0.2) is 8.42 Å². The van der Waals surface area contributed by atoms with Crippen LogP contribution in [0.2, 0.25) is 0 Å². The molecule has 1 N–H and O–H groups in total. The highest BCUT2D eigenvalue weighted by atomic mass is 32.2. The molecule has 0 amide bonds. The Hall–Kier alpha value is -1.81. The van der Waals surface area contributed by atoms with Gasteiger partial charge >= 0.3 is 0 Å². The minimum absolute atomic E-state index is 0.420. The summed E-state index contributed by atoms with van der Waals surface area (Å²) in [5.41, 5.74) is 8.20. The molecule has 0 atom stereocenters. The molecule has 0 aromatic heterocycles. The fourth-order valence-corrected chi connectivity index (χ4v) is 5.36. The van der Waals surface area contributed by atoms with Crippen LogP contribution in [0.25, 0.3) is 0 Å². The van der Waals surface area contributed by atoms with E-state index in [1.807, 2.05) is 45.9 Å². The maximum Gasteiger partial charge on any atom is 0.262 e. The van der Waals surface area contributed by atoms with Gasteiger partial charge in [-0.2, -0.15) is 0 Å². The van der Waals surface area contributed by atoms with E-state index in [0.717, 1.165) is 41.5 Å². The van der Waals surface area contributed by atoms with Gasteiger partial charge in [0.2, 0.25) is 0 Å². The lowest BCUT2D eigenvalue weighted by atomic mass is 9.95. The molecular formula is C20H25NO2S. The van der Waals surface area contributed by atoms with Gasteiger partial charge in [-0.05, 0) is 105 Å². The van der Waals surface area contributed by atoms with E-state index in [-0.39, 0.29) is 0 Å².